The van der Waals surface area contributed by atoms with E-state index in [0.29, 0.717) is 16.7 Å². The number of rotatable bonds is 14. The van der Waals surface area contributed by atoms with E-state index >= 15 is 0 Å². The molecule has 4 saturated heterocycles. The molecule has 0 radical (unpaired) electrons. The Morgan fingerprint density at radius 3 is 2.27 bits per heavy atom. The molecule has 0 amide bonds. The molecule has 332 valence electrons. The second kappa shape index (κ2) is 19.5. The molecule has 19 nitrogen and oxygen atoms in total. The molecule has 4 fully saturated rings. The van der Waals surface area contributed by atoms with Crippen molar-refractivity contribution < 1.29 is 94.1 Å². The average Bonchev–Trinajstić information content (AvgIpc) is 3.52. The van der Waals surface area contributed by atoms with Gasteiger partial charge in [0.05, 0.1) is 44.1 Å². The van der Waals surface area contributed by atoms with Crippen LogP contribution in [-0.4, -0.2) is 181 Å². The Kier molecular flexibility index (Phi) is 14.9. The SMILES string of the molecule is Cc1ccc(/C=C/C(=O)O[C@@H]2C(CO[C@@H]3OC(CO)[C@@H](O)C(O)C3O)O[C@@H](OCCc3ccc(O)c(O)c3)[C@]3(/C=C\C[C@@H]4OC(C)[C@H](O)C(O)C4O)COC2C3O)cc1O. The predicted octanol–water partition coefficient (Wildman–Crippen LogP) is -1.60. The smallest absolute Gasteiger partial charge is 0.331 e. The molecule has 2 bridgehead atoms. The fraction of sp³-hybridized carbons (Fsp3) is 0.585. The van der Waals surface area contributed by atoms with E-state index in [4.69, 9.17) is 33.2 Å². The van der Waals surface area contributed by atoms with Gasteiger partial charge in [-0.2, -0.15) is 0 Å². The van der Waals surface area contributed by atoms with Crippen LogP contribution in [-0.2, 0) is 44.4 Å². The first kappa shape index (κ1) is 45.7. The third kappa shape index (κ3) is 9.80. The zero-order valence-electron chi connectivity index (χ0n) is 32.9. The Balaban J connectivity index is 1.31. The molecule has 16 atom stereocenters. The van der Waals surface area contributed by atoms with Gasteiger partial charge in [-0.1, -0.05) is 30.4 Å². The van der Waals surface area contributed by atoms with Gasteiger partial charge in [-0.05, 0) is 67.7 Å². The van der Waals surface area contributed by atoms with Crippen molar-refractivity contribution in [1.29, 1.82) is 0 Å². The minimum Gasteiger partial charge on any atom is -0.508 e. The summed E-state index contributed by atoms with van der Waals surface area (Å²) in [5, 5.41) is 115. The molecule has 4 heterocycles. The first-order valence-electron chi connectivity index (χ1n) is 19.6. The van der Waals surface area contributed by atoms with E-state index in [1.807, 2.05) is 0 Å². The van der Waals surface area contributed by atoms with Crippen LogP contribution in [0.3, 0.4) is 0 Å². The van der Waals surface area contributed by atoms with E-state index in [1.165, 1.54) is 30.4 Å². The molecule has 0 saturated carbocycles. The maximum absolute atomic E-state index is 13.5. The zero-order valence-corrected chi connectivity index (χ0v) is 32.9. The largest absolute Gasteiger partial charge is 0.508 e. The minimum absolute atomic E-state index is 0.000980. The van der Waals surface area contributed by atoms with Crippen LogP contribution in [0.2, 0.25) is 0 Å². The topological polar surface area (TPSA) is 304 Å². The highest BCUT2D eigenvalue weighted by molar-refractivity contribution is 5.87. The van der Waals surface area contributed by atoms with Crippen molar-refractivity contribution in [2.45, 2.75) is 119 Å². The van der Waals surface area contributed by atoms with Gasteiger partial charge in [0.2, 0.25) is 0 Å². The number of esters is 1. The maximum Gasteiger partial charge on any atom is 0.331 e. The van der Waals surface area contributed by atoms with Crippen LogP contribution in [0, 0.1) is 12.3 Å². The number of aryl methyl sites for hydroxylation is 1. The van der Waals surface area contributed by atoms with Crippen LogP contribution in [0.4, 0.5) is 0 Å². The normalized spacial score (nSPS) is 38.3. The summed E-state index contributed by atoms with van der Waals surface area (Å²) in [6.45, 7) is 1.57. The highest BCUT2D eigenvalue weighted by Gasteiger charge is 2.62. The number of hydrogen-bond donors (Lipinski definition) is 11. The number of fused-ring (bicyclic) bond motifs is 2. The number of aliphatic hydroxyl groups excluding tert-OH is 8. The molecule has 0 aliphatic carbocycles. The molecule has 9 unspecified atom stereocenters. The summed E-state index contributed by atoms with van der Waals surface area (Å²) in [6, 6.07) is 8.96. The van der Waals surface area contributed by atoms with E-state index in [9.17, 15) is 61.0 Å². The van der Waals surface area contributed by atoms with Crippen molar-refractivity contribution in [2.75, 3.05) is 26.4 Å². The number of benzene rings is 2. The van der Waals surface area contributed by atoms with Gasteiger partial charge < -0.3 is 89.3 Å². The van der Waals surface area contributed by atoms with E-state index < -0.39 is 117 Å². The number of carbonyl (C=O) groups excluding carboxylic acids is 1. The quantitative estimate of drug-likeness (QED) is 0.0442. The standard InChI is InChI=1S/C41H54O19/c1-19-5-6-21(14-24(19)44)8-10-29(46)60-36-28(17-55-39-35(52)34(51)32(49)27(16-42)58-39)59-40(54-13-11-22-7-9-23(43)25(45)15-22)41(18-56-37(36)38(41)53)12-3-4-26-31(48)33(50)30(47)20(2)57-26/h3,5-10,12,14-15,20,26-28,30-40,42-45,47-53H,4,11,13,16-18H2,1-2H3/b10-8+,12-3-/t20?,26-,27?,28?,30-,31?,32+,33?,34?,35?,36+,37?,38?,39+,40+,41+/m0/s1. The number of carbonyl (C=O) groups is 1. The Morgan fingerprint density at radius 2 is 1.55 bits per heavy atom. The van der Waals surface area contributed by atoms with Crippen LogP contribution in [0.25, 0.3) is 6.08 Å². The summed E-state index contributed by atoms with van der Waals surface area (Å²) in [6.07, 6.45) is -15.7. The van der Waals surface area contributed by atoms with Gasteiger partial charge in [0, 0.05) is 6.08 Å². The van der Waals surface area contributed by atoms with Crippen molar-refractivity contribution in [3.8, 4) is 17.2 Å². The Morgan fingerprint density at radius 1 is 0.817 bits per heavy atom. The lowest BCUT2D eigenvalue weighted by molar-refractivity contribution is -0.315. The minimum atomic E-state index is -1.80. The van der Waals surface area contributed by atoms with Gasteiger partial charge in [-0.25, -0.2) is 4.79 Å². The molecule has 11 N–H and O–H groups in total. The highest BCUT2D eigenvalue weighted by atomic mass is 16.7. The lowest BCUT2D eigenvalue weighted by Gasteiger charge is -2.41. The van der Waals surface area contributed by atoms with Gasteiger partial charge in [0.25, 0.3) is 0 Å². The molecule has 0 spiro atoms. The van der Waals surface area contributed by atoms with Crippen molar-refractivity contribution in [2.24, 2.45) is 5.41 Å². The second-order valence-electron chi connectivity index (χ2n) is 15.6. The third-order valence-corrected chi connectivity index (χ3v) is 11.4. The highest BCUT2D eigenvalue weighted by Crippen LogP contribution is 2.46. The zero-order chi connectivity index (χ0) is 43.5. The molecule has 4 aliphatic rings. The first-order chi connectivity index (χ1) is 28.5. The van der Waals surface area contributed by atoms with Crippen LogP contribution in [0.15, 0.2) is 54.6 Å². The third-order valence-electron chi connectivity index (χ3n) is 11.4. The van der Waals surface area contributed by atoms with Crippen LogP contribution in [0.5, 0.6) is 17.2 Å². The lowest BCUT2D eigenvalue weighted by Crippen LogP contribution is -2.59. The van der Waals surface area contributed by atoms with Crippen molar-refractivity contribution in [1.82, 2.24) is 0 Å². The van der Waals surface area contributed by atoms with E-state index in [0.717, 1.165) is 6.08 Å². The first-order valence-corrected chi connectivity index (χ1v) is 19.6. The number of phenols is 3. The summed E-state index contributed by atoms with van der Waals surface area (Å²) in [5.74, 6) is -1.61. The van der Waals surface area contributed by atoms with E-state index in [2.05, 4.69) is 0 Å². The molecule has 6 rings (SSSR count). The molecule has 4 aliphatic heterocycles. The molecular formula is C41H54O19. The fourth-order valence-electron chi connectivity index (χ4n) is 7.70. The average molecular weight is 851 g/mol. The second-order valence-corrected chi connectivity index (χ2v) is 15.6. The molecular weight excluding hydrogens is 796 g/mol. The molecule has 2 aromatic rings. The summed E-state index contributed by atoms with van der Waals surface area (Å²) in [7, 11) is 0. The number of phenolic OH excluding ortho intramolecular Hbond substituents is 3. The van der Waals surface area contributed by atoms with Gasteiger partial charge in [0.15, 0.2) is 30.2 Å². The van der Waals surface area contributed by atoms with Crippen molar-refractivity contribution in [3.05, 3.63) is 71.3 Å². The summed E-state index contributed by atoms with van der Waals surface area (Å²) in [5.41, 5.74) is 0.0766. The van der Waals surface area contributed by atoms with Gasteiger partial charge in [-0.15, -0.1) is 0 Å². The van der Waals surface area contributed by atoms with Crippen molar-refractivity contribution >= 4 is 12.0 Å². The van der Waals surface area contributed by atoms with E-state index in [-0.39, 0.29) is 43.3 Å². The molecule has 19 heteroatoms. The van der Waals surface area contributed by atoms with Gasteiger partial charge in [0.1, 0.15) is 66.8 Å². The van der Waals surface area contributed by atoms with Crippen LogP contribution < -0.4 is 0 Å². The fourth-order valence-corrected chi connectivity index (χ4v) is 7.70. The summed E-state index contributed by atoms with van der Waals surface area (Å²) >= 11 is 0. The molecule has 60 heavy (non-hydrogen) atoms. The van der Waals surface area contributed by atoms with E-state index in [1.54, 1.807) is 38.1 Å². The number of hydrogen-bond acceptors (Lipinski definition) is 19. The molecule has 2 aromatic carbocycles. The number of aliphatic hydroxyl groups is 8. The predicted molar refractivity (Wildman–Crippen MR) is 204 cm³/mol. The summed E-state index contributed by atoms with van der Waals surface area (Å²) in [4.78, 5) is 13.5. The number of ether oxygens (including phenoxy) is 7. The van der Waals surface area contributed by atoms with Crippen molar-refractivity contribution in [3.63, 3.8) is 0 Å². The van der Waals surface area contributed by atoms with Crippen LogP contribution >= 0.6 is 0 Å². The number of aromatic hydroxyl groups is 3. The van der Waals surface area contributed by atoms with Gasteiger partial charge in [-0.3, -0.25) is 0 Å². The molecule has 0 aromatic heterocycles. The summed E-state index contributed by atoms with van der Waals surface area (Å²) < 4.78 is 42.0. The van der Waals surface area contributed by atoms with Crippen LogP contribution in [0.1, 0.15) is 30.0 Å². The Bertz CT molecular complexity index is 1820. The maximum atomic E-state index is 13.5. The lowest BCUT2D eigenvalue weighted by atomic mass is 9.80. The Labute approximate surface area is 344 Å². The Hall–Kier alpha value is -3.77. The van der Waals surface area contributed by atoms with Gasteiger partial charge >= 0.3 is 5.97 Å². The monoisotopic (exact) mass is 850 g/mol.